The first-order valence-electron chi connectivity index (χ1n) is 5.05. The molecule has 0 radical (unpaired) electrons. The van der Waals surface area contributed by atoms with E-state index >= 15 is 0 Å². The van der Waals surface area contributed by atoms with Gasteiger partial charge in [-0.1, -0.05) is 11.6 Å². The third-order valence-electron chi connectivity index (χ3n) is 2.14. The fourth-order valence-electron chi connectivity index (χ4n) is 1.22. The van der Waals surface area contributed by atoms with Crippen molar-refractivity contribution < 1.29 is 9.53 Å². The summed E-state index contributed by atoms with van der Waals surface area (Å²) in [7, 11) is 1.63. The Morgan fingerprint density at radius 3 is 3.06 bits per heavy atom. The van der Waals surface area contributed by atoms with Gasteiger partial charge >= 0.3 is 0 Å². The van der Waals surface area contributed by atoms with Gasteiger partial charge in [0.1, 0.15) is 5.15 Å². The zero-order valence-electron chi connectivity index (χ0n) is 9.37. The van der Waals surface area contributed by atoms with Crippen molar-refractivity contribution in [1.82, 2.24) is 10.3 Å². The third kappa shape index (κ3) is 3.79. The molecule has 1 amide bonds. The predicted molar refractivity (Wildman–Crippen MR) is 62.7 cm³/mol. The molecule has 0 saturated heterocycles. The lowest BCUT2D eigenvalue weighted by molar-refractivity contribution is 0.0929. The molecular weight excluding hydrogens is 228 g/mol. The molecule has 4 nitrogen and oxygen atoms in total. The van der Waals surface area contributed by atoms with Gasteiger partial charge in [0.05, 0.1) is 5.56 Å². The van der Waals surface area contributed by atoms with Crippen LogP contribution in [0.25, 0.3) is 0 Å². The normalized spacial score (nSPS) is 12.2. The van der Waals surface area contributed by atoms with E-state index in [-0.39, 0.29) is 17.1 Å². The van der Waals surface area contributed by atoms with E-state index in [0.29, 0.717) is 12.2 Å². The maximum atomic E-state index is 11.8. The van der Waals surface area contributed by atoms with E-state index in [1.807, 2.05) is 6.92 Å². The van der Waals surface area contributed by atoms with Crippen molar-refractivity contribution in [3.8, 4) is 0 Å². The third-order valence-corrected chi connectivity index (χ3v) is 2.44. The van der Waals surface area contributed by atoms with Gasteiger partial charge in [-0.15, -0.1) is 0 Å². The van der Waals surface area contributed by atoms with Gasteiger partial charge in [0, 0.05) is 26.0 Å². The number of ether oxygens (including phenoxy) is 1. The summed E-state index contributed by atoms with van der Waals surface area (Å²) in [5.74, 6) is -0.207. The van der Waals surface area contributed by atoms with Crippen LogP contribution in [0, 0.1) is 0 Å². The summed E-state index contributed by atoms with van der Waals surface area (Å²) < 4.78 is 4.93. The number of nitrogens with zero attached hydrogens (tertiary/aromatic N) is 1. The monoisotopic (exact) mass is 242 g/mol. The van der Waals surface area contributed by atoms with Crippen molar-refractivity contribution in [1.29, 1.82) is 0 Å². The quantitative estimate of drug-likeness (QED) is 0.803. The Morgan fingerprint density at radius 1 is 1.69 bits per heavy atom. The molecule has 16 heavy (non-hydrogen) atoms. The summed E-state index contributed by atoms with van der Waals surface area (Å²) in [5, 5.41) is 3.05. The van der Waals surface area contributed by atoms with Gasteiger partial charge in [-0.05, 0) is 25.5 Å². The summed E-state index contributed by atoms with van der Waals surface area (Å²) in [6.07, 6.45) is 2.31. The largest absolute Gasteiger partial charge is 0.385 e. The Hall–Kier alpha value is -1.13. The van der Waals surface area contributed by atoms with Crippen LogP contribution in [0.4, 0.5) is 0 Å². The molecule has 0 fully saturated rings. The first-order valence-corrected chi connectivity index (χ1v) is 5.43. The molecule has 1 heterocycles. The molecule has 0 spiro atoms. The minimum absolute atomic E-state index is 0.0451. The second-order valence-corrected chi connectivity index (χ2v) is 3.86. The summed E-state index contributed by atoms with van der Waals surface area (Å²) in [4.78, 5) is 15.6. The molecule has 1 atom stereocenters. The molecule has 1 N–H and O–H groups in total. The van der Waals surface area contributed by atoms with Gasteiger partial charge in [-0.25, -0.2) is 4.98 Å². The molecule has 0 aliphatic heterocycles. The fraction of sp³-hybridized carbons (Fsp3) is 0.455. The Kier molecular flexibility index (Phi) is 5.22. The van der Waals surface area contributed by atoms with Gasteiger partial charge in [0.25, 0.3) is 5.91 Å². The summed E-state index contributed by atoms with van der Waals surface area (Å²) in [6, 6.07) is 3.37. The molecule has 0 saturated carbocycles. The second-order valence-electron chi connectivity index (χ2n) is 3.50. The fourth-order valence-corrected chi connectivity index (χ4v) is 1.43. The van der Waals surface area contributed by atoms with Crippen LogP contribution >= 0.6 is 11.6 Å². The summed E-state index contributed by atoms with van der Waals surface area (Å²) in [5.41, 5.74) is 0.397. The van der Waals surface area contributed by atoms with Crippen LogP contribution in [0.1, 0.15) is 23.7 Å². The van der Waals surface area contributed by atoms with Crippen LogP contribution in [0.5, 0.6) is 0 Å². The molecule has 0 aliphatic carbocycles. The van der Waals surface area contributed by atoms with Crippen LogP contribution in [0.2, 0.25) is 5.15 Å². The van der Waals surface area contributed by atoms with Crippen LogP contribution in [-0.2, 0) is 4.74 Å². The molecule has 0 bridgehead atoms. The number of methoxy groups -OCH3 is 1. The molecule has 5 heteroatoms. The summed E-state index contributed by atoms with van der Waals surface area (Å²) >= 11 is 5.81. The number of amides is 1. The van der Waals surface area contributed by atoms with E-state index in [1.54, 1.807) is 25.4 Å². The molecule has 0 aromatic carbocycles. The highest BCUT2D eigenvalue weighted by molar-refractivity contribution is 6.32. The van der Waals surface area contributed by atoms with E-state index in [9.17, 15) is 4.79 Å². The van der Waals surface area contributed by atoms with E-state index in [0.717, 1.165) is 6.42 Å². The molecule has 1 unspecified atom stereocenters. The van der Waals surface area contributed by atoms with Crippen molar-refractivity contribution in [2.75, 3.05) is 13.7 Å². The minimum atomic E-state index is -0.207. The number of carbonyl (C=O) groups is 1. The second kappa shape index (κ2) is 6.45. The van der Waals surface area contributed by atoms with Crippen molar-refractivity contribution in [3.63, 3.8) is 0 Å². The maximum Gasteiger partial charge on any atom is 0.254 e. The average Bonchev–Trinajstić information content (AvgIpc) is 2.26. The van der Waals surface area contributed by atoms with Gasteiger partial charge < -0.3 is 10.1 Å². The number of nitrogens with one attached hydrogen (secondary N) is 1. The molecule has 0 aliphatic rings. The topological polar surface area (TPSA) is 51.2 Å². The zero-order valence-corrected chi connectivity index (χ0v) is 10.1. The molecule has 1 aromatic rings. The molecule has 1 rings (SSSR count). The molecular formula is C11H15ClN2O2. The number of carbonyl (C=O) groups excluding carboxylic acids is 1. The van der Waals surface area contributed by atoms with Gasteiger partial charge in [0.2, 0.25) is 0 Å². The van der Waals surface area contributed by atoms with Crippen LogP contribution in [-0.4, -0.2) is 30.6 Å². The highest BCUT2D eigenvalue weighted by Crippen LogP contribution is 2.11. The predicted octanol–water partition coefficient (Wildman–Crippen LogP) is 1.89. The van der Waals surface area contributed by atoms with Crippen molar-refractivity contribution >= 4 is 17.5 Å². The zero-order chi connectivity index (χ0) is 12.0. The maximum absolute atomic E-state index is 11.8. The standard InChI is InChI=1S/C11H15ClN2O2/c1-8(5-7-16-2)14-11(15)9-4-3-6-13-10(9)12/h3-4,6,8H,5,7H2,1-2H3,(H,14,15). The number of hydrogen-bond donors (Lipinski definition) is 1. The lowest BCUT2D eigenvalue weighted by Gasteiger charge is -2.13. The Balaban J connectivity index is 2.56. The Bertz CT molecular complexity index is 358. The van der Waals surface area contributed by atoms with E-state index in [1.165, 1.54) is 0 Å². The van der Waals surface area contributed by atoms with Crippen LogP contribution in [0.3, 0.4) is 0 Å². The van der Waals surface area contributed by atoms with Gasteiger partial charge in [0.15, 0.2) is 0 Å². The van der Waals surface area contributed by atoms with Crippen LogP contribution in [0.15, 0.2) is 18.3 Å². The lowest BCUT2D eigenvalue weighted by atomic mass is 10.2. The van der Waals surface area contributed by atoms with Crippen molar-refractivity contribution in [3.05, 3.63) is 29.0 Å². The van der Waals surface area contributed by atoms with Crippen molar-refractivity contribution in [2.45, 2.75) is 19.4 Å². The first-order chi connectivity index (χ1) is 7.65. The number of aromatic nitrogens is 1. The van der Waals surface area contributed by atoms with E-state index < -0.39 is 0 Å². The average molecular weight is 243 g/mol. The Morgan fingerprint density at radius 2 is 2.44 bits per heavy atom. The highest BCUT2D eigenvalue weighted by Gasteiger charge is 2.12. The van der Waals surface area contributed by atoms with E-state index in [4.69, 9.17) is 16.3 Å². The van der Waals surface area contributed by atoms with Crippen LogP contribution < -0.4 is 5.32 Å². The molecule has 1 aromatic heterocycles. The van der Waals surface area contributed by atoms with Gasteiger partial charge in [-0.2, -0.15) is 0 Å². The van der Waals surface area contributed by atoms with Crippen molar-refractivity contribution in [2.24, 2.45) is 0 Å². The highest BCUT2D eigenvalue weighted by atomic mass is 35.5. The van der Waals surface area contributed by atoms with Gasteiger partial charge in [-0.3, -0.25) is 4.79 Å². The Labute approximate surface area is 100.0 Å². The first kappa shape index (κ1) is 12.9. The minimum Gasteiger partial charge on any atom is -0.385 e. The smallest absolute Gasteiger partial charge is 0.254 e. The number of rotatable bonds is 5. The summed E-state index contributed by atoms with van der Waals surface area (Å²) in [6.45, 7) is 2.53. The SMILES string of the molecule is COCCC(C)NC(=O)c1cccnc1Cl. The number of pyridine rings is 1. The number of halogens is 1. The lowest BCUT2D eigenvalue weighted by Crippen LogP contribution is -2.33. The van der Waals surface area contributed by atoms with E-state index in [2.05, 4.69) is 10.3 Å². The molecule has 88 valence electrons. The number of hydrogen-bond acceptors (Lipinski definition) is 3.